The molecule has 1 amide bonds. The molecule has 0 saturated carbocycles. The highest BCUT2D eigenvalue weighted by atomic mass is 16.2. The molecule has 0 aliphatic rings. The first kappa shape index (κ1) is 14.9. The number of rotatable bonds is 3. The first-order valence-electron chi connectivity index (χ1n) is 6.81. The van der Waals surface area contributed by atoms with E-state index in [-0.39, 0.29) is 5.91 Å². The summed E-state index contributed by atoms with van der Waals surface area (Å²) in [7, 11) is 0. The summed E-state index contributed by atoms with van der Waals surface area (Å²) in [6.45, 7) is 8.31. The first-order valence-corrected chi connectivity index (χ1v) is 6.81. The molecule has 1 aromatic carbocycles. The van der Waals surface area contributed by atoms with Crippen molar-refractivity contribution in [3.63, 3.8) is 0 Å². The minimum atomic E-state index is -0.243. The van der Waals surface area contributed by atoms with Crippen molar-refractivity contribution in [1.82, 2.24) is 10.4 Å². The Hall–Kier alpha value is -2.49. The zero-order valence-corrected chi connectivity index (χ0v) is 12.8. The molecular formula is C17H19N3O. The summed E-state index contributed by atoms with van der Waals surface area (Å²) in [5.41, 5.74) is 8.98. The van der Waals surface area contributed by atoms with E-state index in [1.807, 2.05) is 6.92 Å². The Morgan fingerprint density at radius 3 is 2.43 bits per heavy atom. The third-order valence-electron chi connectivity index (χ3n) is 3.72. The van der Waals surface area contributed by atoms with Gasteiger partial charge in [-0.05, 0) is 62.1 Å². The molecule has 0 aliphatic heterocycles. The molecule has 108 valence electrons. The molecule has 2 rings (SSSR count). The highest BCUT2D eigenvalue weighted by molar-refractivity contribution is 5.95. The SMILES string of the molecule is Cc1cc(C)c(/C=N/NC(=O)c2ccncc2)c(C)c1C. The van der Waals surface area contributed by atoms with E-state index in [9.17, 15) is 4.79 Å². The Morgan fingerprint density at radius 2 is 1.76 bits per heavy atom. The lowest BCUT2D eigenvalue weighted by molar-refractivity contribution is 0.0955. The summed E-state index contributed by atoms with van der Waals surface area (Å²) in [6, 6.07) is 5.43. The number of hydrogen-bond acceptors (Lipinski definition) is 3. The third kappa shape index (κ3) is 3.34. The summed E-state index contributed by atoms with van der Waals surface area (Å²) in [5, 5.41) is 4.07. The van der Waals surface area contributed by atoms with Crippen LogP contribution in [0.25, 0.3) is 0 Å². The fraction of sp³-hybridized carbons (Fsp3) is 0.235. The van der Waals surface area contributed by atoms with Gasteiger partial charge in [-0.15, -0.1) is 0 Å². The van der Waals surface area contributed by atoms with Crippen LogP contribution in [0.1, 0.15) is 38.2 Å². The van der Waals surface area contributed by atoms with Crippen LogP contribution in [0.2, 0.25) is 0 Å². The second-order valence-electron chi connectivity index (χ2n) is 5.11. The molecule has 0 fully saturated rings. The number of hydrazone groups is 1. The molecule has 0 atom stereocenters. The second-order valence-corrected chi connectivity index (χ2v) is 5.11. The van der Waals surface area contributed by atoms with Crippen LogP contribution in [0.3, 0.4) is 0 Å². The average molecular weight is 281 g/mol. The minimum absolute atomic E-state index is 0.243. The van der Waals surface area contributed by atoms with E-state index in [0.717, 1.165) is 11.1 Å². The Labute approximate surface area is 124 Å². The summed E-state index contributed by atoms with van der Waals surface area (Å²) in [6.07, 6.45) is 4.86. The van der Waals surface area contributed by atoms with Gasteiger partial charge >= 0.3 is 0 Å². The molecule has 0 spiro atoms. The first-order chi connectivity index (χ1) is 10.0. The summed E-state index contributed by atoms with van der Waals surface area (Å²) in [5.74, 6) is -0.243. The van der Waals surface area contributed by atoms with E-state index >= 15 is 0 Å². The Bertz CT molecular complexity index is 691. The van der Waals surface area contributed by atoms with E-state index in [2.05, 4.69) is 42.3 Å². The second kappa shape index (κ2) is 6.31. The number of nitrogens with one attached hydrogen (secondary N) is 1. The van der Waals surface area contributed by atoms with E-state index in [0.29, 0.717) is 5.56 Å². The van der Waals surface area contributed by atoms with E-state index < -0.39 is 0 Å². The predicted molar refractivity (Wildman–Crippen MR) is 84.7 cm³/mol. The number of benzene rings is 1. The van der Waals surface area contributed by atoms with Crippen molar-refractivity contribution >= 4 is 12.1 Å². The van der Waals surface area contributed by atoms with Gasteiger partial charge in [0.05, 0.1) is 6.21 Å². The van der Waals surface area contributed by atoms with Gasteiger partial charge in [-0.25, -0.2) is 5.43 Å². The number of pyridine rings is 1. The molecule has 0 aliphatic carbocycles. The van der Waals surface area contributed by atoms with Crippen LogP contribution in [0, 0.1) is 27.7 Å². The standard InChI is InChI=1S/C17H19N3O/c1-11-9-12(2)16(14(4)13(11)3)10-19-20-17(21)15-5-7-18-8-6-15/h5-10H,1-4H3,(H,20,21)/b19-10+. The van der Waals surface area contributed by atoms with Gasteiger partial charge < -0.3 is 0 Å². The molecule has 1 aromatic heterocycles. The van der Waals surface area contributed by atoms with Crippen LogP contribution in [0.15, 0.2) is 35.7 Å². The van der Waals surface area contributed by atoms with Crippen LogP contribution in [-0.4, -0.2) is 17.1 Å². The van der Waals surface area contributed by atoms with E-state index in [1.165, 1.54) is 16.7 Å². The van der Waals surface area contributed by atoms with Gasteiger partial charge in [-0.2, -0.15) is 5.10 Å². The van der Waals surface area contributed by atoms with Crippen LogP contribution in [-0.2, 0) is 0 Å². The van der Waals surface area contributed by atoms with Crippen molar-refractivity contribution in [2.24, 2.45) is 5.10 Å². The maximum absolute atomic E-state index is 11.9. The quantitative estimate of drug-likeness (QED) is 0.694. The van der Waals surface area contributed by atoms with Crippen molar-refractivity contribution in [2.75, 3.05) is 0 Å². The van der Waals surface area contributed by atoms with Crippen molar-refractivity contribution in [2.45, 2.75) is 27.7 Å². The molecular weight excluding hydrogens is 262 g/mol. The number of aryl methyl sites for hydroxylation is 2. The van der Waals surface area contributed by atoms with Gasteiger partial charge in [-0.3, -0.25) is 9.78 Å². The summed E-state index contributed by atoms with van der Waals surface area (Å²) in [4.78, 5) is 15.8. The maximum atomic E-state index is 11.9. The van der Waals surface area contributed by atoms with Crippen LogP contribution >= 0.6 is 0 Å². The van der Waals surface area contributed by atoms with Crippen molar-refractivity contribution in [3.05, 3.63) is 64.0 Å². The largest absolute Gasteiger partial charge is 0.271 e. The zero-order valence-electron chi connectivity index (χ0n) is 12.8. The lowest BCUT2D eigenvalue weighted by Gasteiger charge is -2.11. The van der Waals surface area contributed by atoms with Crippen LogP contribution in [0.4, 0.5) is 0 Å². The number of aromatic nitrogens is 1. The number of carbonyl (C=O) groups excluding carboxylic acids is 1. The summed E-state index contributed by atoms with van der Waals surface area (Å²) >= 11 is 0. The smallest absolute Gasteiger partial charge is 0.267 e. The number of carbonyl (C=O) groups is 1. The fourth-order valence-electron chi connectivity index (χ4n) is 2.23. The molecule has 21 heavy (non-hydrogen) atoms. The van der Waals surface area contributed by atoms with Gasteiger partial charge in [0.2, 0.25) is 0 Å². The third-order valence-corrected chi connectivity index (χ3v) is 3.72. The molecule has 4 nitrogen and oxygen atoms in total. The minimum Gasteiger partial charge on any atom is -0.267 e. The topological polar surface area (TPSA) is 54.4 Å². The van der Waals surface area contributed by atoms with Gasteiger partial charge in [0.1, 0.15) is 0 Å². The molecule has 4 heteroatoms. The van der Waals surface area contributed by atoms with Gasteiger partial charge in [0.25, 0.3) is 5.91 Å². The number of hydrogen-bond donors (Lipinski definition) is 1. The lowest BCUT2D eigenvalue weighted by atomic mass is 9.95. The van der Waals surface area contributed by atoms with Crippen molar-refractivity contribution in [1.29, 1.82) is 0 Å². The number of amides is 1. The number of nitrogens with zero attached hydrogens (tertiary/aromatic N) is 2. The van der Waals surface area contributed by atoms with Crippen LogP contribution in [0.5, 0.6) is 0 Å². The van der Waals surface area contributed by atoms with Crippen LogP contribution < -0.4 is 5.43 Å². The Morgan fingerprint density at radius 1 is 1.10 bits per heavy atom. The van der Waals surface area contributed by atoms with Gasteiger partial charge in [0, 0.05) is 23.5 Å². The Kier molecular flexibility index (Phi) is 4.48. The molecule has 0 saturated heterocycles. The fourth-order valence-corrected chi connectivity index (χ4v) is 2.23. The normalized spacial score (nSPS) is 10.9. The van der Waals surface area contributed by atoms with Crippen molar-refractivity contribution < 1.29 is 4.79 Å². The maximum Gasteiger partial charge on any atom is 0.271 e. The monoisotopic (exact) mass is 281 g/mol. The molecule has 0 bridgehead atoms. The molecule has 1 heterocycles. The lowest BCUT2D eigenvalue weighted by Crippen LogP contribution is -2.17. The molecule has 0 radical (unpaired) electrons. The van der Waals surface area contributed by atoms with Gasteiger partial charge in [-0.1, -0.05) is 6.07 Å². The van der Waals surface area contributed by atoms with E-state index in [4.69, 9.17) is 0 Å². The summed E-state index contributed by atoms with van der Waals surface area (Å²) < 4.78 is 0. The molecule has 1 N–H and O–H groups in total. The molecule has 0 unspecified atom stereocenters. The molecule has 2 aromatic rings. The van der Waals surface area contributed by atoms with Crippen molar-refractivity contribution in [3.8, 4) is 0 Å². The zero-order chi connectivity index (χ0) is 15.4. The average Bonchev–Trinajstić information content (AvgIpc) is 2.49. The predicted octanol–water partition coefficient (Wildman–Crippen LogP) is 3.08. The van der Waals surface area contributed by atoms with E-state index in [1.54, 1.807) is 30.7 Å². The highest BCUT2D eigenvalue weighted by Crippen LogP contribution is 2.19. The highest BCUT2D eigenvalue weighted by Gasteiger charge is 2.07. The Balaban J connectivity index is 2.16. The van der Waals surface area contributed by atoms with Gasteiger partial charge in [0.15, 0.2) is 0 Å².